The zero-order chi connectivity index (χ0) is 15.6. The summed E-state index contributed by atoms with van der Waals surface area (Å²) < 4.78 is 19.3. The molecular formula is C18H20FNO2. The molecule has 1 atom stereocenters. The molecule has 1 heterocycles. The van der Waals surface area contributed by atoms with E-state index in [0.717, 1.165) is 30.5 Å². The van der Waals surface area contributed by atoms with Crippen molar-refractivity contribution in [2.24, 2.45) is 0 Å². The van der Waals surface area contributed by atoms with Gasteiger partial charge in [0.15, 0.2) is 11.6 Å². The number of piperidine rings is 1. The molecule has 3 rings (SSSR count). The lowest BCUT2D eigenvalue weighted by atomic mass is 9.86. The van der Waals surface area contributed by atoms with E-state index in [1.807, 2.05) is 24.3 Å². The number of methoxy groups -OCH3 is 1. The third-order valence-corrected chi connectivity index (χ3v) is 4.28. The van der Waals surface area contributed by atoms with E-state index >= 15 is 0 Å². The Labute approximate surface area is 129 Å². The van der Waals surface area contributed by atoms with Crippen LogP contribution < -0.4 is 10.1 Å². The highest BCUT2D eigenvalue weighted by Gasteiger charge is 2.30. The quantitative estimate of drug-likeness (QED) is 0.915. The second kappa shape index (κ2) is 6.07. The summed E-state index contributed by atoms with van der Waals surface area (Å²) >= 11 is 0. The van der Waals surface area contributed by atoms with E-state index in [9.17, 15) is 9.50 Å². The lowest BCUT2D eigenvalue weighted by Crippen LogP contribution is -2.43. The van der Waals surface area contributed by atoms with Crippen molar-refractivity contribution in [3.05, 3.63) is 53.8 Å². The second-order valence-corrected chi connectivity index (χ2v) is 5.71. The number of halogens is 1. The molecule has 0 amide bonds. The summed E-state index contributed by atoms with van der Waals surface area (Å²) in [5, 5.41) is 13.9. The van der Waals surface area contributed by atoms with Gasteiger partial charge in [-0.15, -0.1) is 0 Å². The summed E-state index contributed by atoms with van der Waals surface area (Å²) in [6.45, 7) is 1.50. The van der Waals surface area contributed by atoms with Gasteiger partial charge in [-0.25, -0.2) is 4.39 Å². The standard InChI is InChI=1S/C18H20FNO2/c1-22-16-5-2-4-15(17(16)19)13-6-8-14(9-7-13)18(21)10-3-11-20-12-18/h2,4-9,20-21H,3,10-12H2,1H3. The average molecular weight is 301 g/mol. The number of benzene rings is 2. The summed E-state index contributed by atoms with van der Waals surface area (Å²) in [5.41, 5.74) is 1.31. The van der Waals surface area contributed by atoms with E-state index in [4.69, 9.17) is 4.74 Å². The molecule has 22 heavy (non-hydrogen) atoms. The van der Waals surface area contributed by atoms with Crippen LogP contribution in [0.2, 0.25) is 0 Å². The van der Waals surface area contributed by atoms with Crippen molar-refractivity contribution in [1.82, 2.24) is 5.32 Å². The van der Waals surface area contributed by atoms with E-state index in [-0.39, 0.29) is 11.6 Å². The van der Waals surface area contributed by atoms with Crippen LogP contribution >= 0.6 is 0 Å². The van der Waals surface area contributed by atoms with Gasteiger partial charge in [0.1, 0.15) is 5.60 Å². The molecule has 2 aromatic rings. The van der Waals surface area contributed by atoms with Crippen molar-refractivity contribution in [3.63, 3.8) is 0 Å². The second-order valence-electron chi connectivity index (χ2n) is 5.71. The van der Waals surface area contributed by atoms with Gasteiger partial charge in [-0.2, -0.15) is 0 Å². The van der Waals surface area contributed by atoms with E-state index in [1.54, 1.807) is 18.2 Å². The van der Waals surface area contributed by atoms with E-state index in [1.165, 1.54) is 7.11 Å². The number of ether oxygens (including phenoxy) is 1. The predicted molar refractivity (Wildman–Crippen MR) is 84.4 cm³/mol. The first-order valence-electron chi connectivity index (χ1n) is 7.50. The van der Waals surface area contributed by atoms with E-state index in [2.05, 4.69) is 5.32 Å². The van der Waals surface area contributed by atoms with Gasteiger partial charge >= 0.3 is 0 Å². The third kappa shape index (κ3) is 2.72. The number of rotatable bonds is 3. The van der Waals surface area contributed by atoms with Gasteiger partial charge in [0.25, 0.3) is 0 Å². The molecule has 4 heteroatoms. The summed E-state index contributed by atoms with van der Waals surface area (Å²) in [6, 6.07) is 12.5. The third-order valence-electron chi connectivity index (χ3n) is 4.28. The van der Waals surface area contributed by atoms with E-state index in [0.29, 0.717) is 12.1 Å². The largest absolute Gasteiger partial charge is 0.494 e. The smallest absolute Gasteiger partial charge is 0.172 e. The van der Waals surface area contributed by atoms with Crippen molar-refractivity contribution < 1.29 is 14.2 Å². The first-order valence-corrected chi connectivity index (χ1v) is 7.50. The van der Waals surface area contributed by atoms with Gasteiger partial charge < -0.3 is 15.2 Å². The minimum Gasteiger partial charge on any atom is -0.494 e. The molecule has 0 saturated carbocycles. The lowest BCUT2D eigenvalue weighted by Gasteiger charge is -2.33. The van der Waals surface area contributed by atoms with Crippen molar-refractivity contribution >= 4 is 0 Å². The van der Waals surface area contributed by atoms with Crippen molar-refractivity contribution in [2.75, 3.05) is 20.2 Å². The molecule has 0 spiro atoms. The fourth-order valence-electron chi connectivity index (χ4n) is 2.99. The first-order chi connectivity index (χ1) is 10.6. The molecule has 3 nitrogen and oxygen atoms in total. The summed E-state index contributed by atoms with van der Waals surface area (Å²) in [5.74, 6) is -0.132. The Morgan fingerprint density at radius 1 is 1.18 bits per heavy atom. The predicted octanol–water partition coefficient (Wildman–Crippen LogP) is 3.07. The summed E-state index contributed by atoms with van der Waals surface area (Å²) in [7, 11) is 1.46. The van der Waals surface area contributed by atoms with Gasteiger partial charge in [0.2, 0.25) is 0 Å². The van der Waals surface area contributed by atoms with Crippen LogP contribution in [0.25, 0.3) is 11.1 Å². The van der Waals surface area contributed by atoms with Crippen LogP contribution in [-0.2, 0) is 5.60 Å². The van der Waals surface area contributed by atoms with Crippen LogP contribution in [0.15, 0.2) is 42.5 Å². The average Bonchev–Trinajstić information content (AvgIpc) is 2.56. The van der Waals surface area contributed by atoms with Gasteiger partial charge in [0, 0.05) is 12.1 Å². The number of nitrogens with one attached hydrogen (secondary N) is 1. The Kier molecular flexibility index (Phi) is 4.14. The molecule has 0 radical (unpaired) electrons. The molecule has 1 saturated heterocycles. The SMILES string of the molecule is COc1cccc(-c2ccc(C3(O)CCCNC3)cc2)c1F. The first kappa shape index (κ1) is 15.0. The highest BCUT2D eigenvalue weighted by atomic mass is 19.1. The maximum absolute atomic E-state index is 14.3. The van der Waals surface area contributed by atoms with Crippen LogP contribution in [0, 0.1) is 5.82 Å². The number of hydrogen-bond donors (Lipinski definition) is 2. The fraction of sp³-hybridized carbons (Fsp3) is 0.333. The topological polar surface area (TPSA) is 41.5 Å². The molecule has 116 valence electrons. The molecule has 2 aromatic carbocycles. The molecule has 1 fully saturated rings. The molecule has 0 aliphatic carbocycles. The molecular weight excluding hydrogens is 281 g/mol. The zero-order valence-electron chi connectivity index (χ0n) is 12.6. The number of hydrogen-bond acceptors (Lipinski definition) is 3. The molecule has 0 aromatic heterocycles. The Hall–Kier alpha value is -1.91. The highest BCUT2D eigenvalue weighted by molar-refractivity contribution is 5.66. The zero-order valence-corrected chi connectivity index (χ0v) is 12.6. The van der Waals surface area contributed by atoms with Crippen molar-refractivity contribution in [1.29, 1.82) is 0 Å². The minimum absolute atomic E-state index is 0.233. The Morgan fingerprint density at radius 3 is 2.59 bits per heavy atom. The Bertz CT molecular complexity index is 649. The van der Waals surface area contributed by atoms with Gasteiger partial charge in [-0.05, 0) is 36.6 Å². The monoisotopic (exact) mass is 301 g/mol. The number of aliphatic hydroxyl groups is 1. The maximum atomic E-state index is 14.3. The van der Waals surface area contributed by atoms with Crippen molar-refractivity contribution in [3.8, 4) is 16.9 Å². The fourth-order valence-corrected chi connectivity index (χ4v) is 2.99. The maximum Gasteiger partial charge on any atom is 0.172 e. The van der Waals surface area contributed by atoms with Gasteiger partial charge in [-0.1, -0.05) is 36.4 Å². The lowest BCUT2D eigenvalue weighted by molar-refractivity contribution is 0.0123. The molecule has 1 unspecified atom stereocenters. The number of β-amino-alcohol motifs (C(OH)–C–C–N with tert-alkyl or cyclic N) is 1. The normalized spacial score (nSPS) is 21.6. The molecule has 1 aliphatic heterocycles. The van der Waals surface area contributed by atoms with E-state index < -0.39 is 5.60 Å². The minimum atomic E-state index is -0.830. The molecule has 1 aliphatic rings. The summed E-state index contributed by atoms with van der Waals surface area (Å²) in [6.07, 6.45) is 1.69. The van der Waals surface area contributed by atoms with Crippen LogP contribution in [0.1, 0.15) is 18.4 Å². The van der Waals surface area contributed by atoms with Crippen molar-refractivity contribution in [2.45, 2.75) is 18.4 Å². The molecule has 2 N–H and O–H groups in total. The highest BCUT2D eigenvalue weighted by Crippen LogP contribution is 2.32. The van der Waals surface area contributed by atoms with Crippen LogP contribution in [0.3, 0.4) is 0 Å². The molecule has 0 bridgehead atoms. The Morgan fingerprint density at radius 2 is 1.95 bits per heavy atom. The van der Waals surface area contributed by atoms with Gasteiger partial charge in [-0.3, -0.25) is 0 Å². The van der Waals surface area contributed by atoms with Crippen LogP contribution in [0.5, 0.6) is 5.75 Å². The van der Waals surface area contributed by atoms with Crippen LogP contribution in [-0.4, -0.2) is 25.3 Å². The Balaban J connectivity index is 1.92. The summed E-state index contributed by atoms with van der Waals surface area (Å²) in [4.78, 5) is 0. The van der Waals surface area contributed by atoms with Crippen LogP contribution in [0.4, 0.5) is 4.39 Å². The van der Waals surface area contributed by atoms with Gasteiger partial charge in [0.05, 0.1) is 7.11 Å².